The Bertz CT molecular complexity index is 263. The highest BCUT2D eigenvalue weighted by Crippen LogP contribution is 2.13. The lowest BCUT2D eigenvalue weighted by molar-refractivity contribution is -0.130. The molecule has 0 aromatic carbocycles. The molecule has 1 rings (SSSR count). The minimum Gasteiger partial charge on any atom is -0.411 e. The predicted molar refractivity (Wildman–Crippen MR) is 58.1 cm³/mol. The summed E-state index contributed by atoms with van der Waals surface area (Å²) >= 11 is 0. The molecule has 5 heteroatoms. The van der Waals surface area contributed by atoms with E-state index in [-0.39, 0.29) is 11.8 Å². The van der Waals surface area contributed by atoms with Gasteiger partial charge in [0.15, 0.2) is 0 Å². The van der Waals surface area contributed by atoms with E-state index >= 15 is 0 Å². The van der Waals surface area contributed by atoms with Crippen LogP contribution in [0.25, 0.3) is 0 Å². The lowest BCUT2D eigenvalue weighted by atomic mass is 9.98. The van der Waals surface area contributed by atoms with Crippen molar-refractivity contribution in [3.8, 4) is 0 Å². The Balaban J connectivity index is 2.45. The fourth-order valence-corrected chi connectivity index (χ4v) is 1.73. The van der Waals surface area contributed by atoms with Gasteiger partial charge in [0.1, 0.15) is 0 Å². The quantitative estimate of drug-likeness (QED) is 0.528. The molecule has 1 N–H and O–H groups in total. The number of likely N-dealkylation sites (N-methyl/N-ethyl adjacent to an activating group) is 1. The zero-order valence-corrected chi connectivity index (χ0v) is 9.60. The van der Waals surface area contributed by atoms with E-state index in [1.807, 2.05) is 6.92 Å². The predicted octanol–water partition coefficient (Wildman–Crippen LogP) is 0.247. The van der Waals surface area contributed by atoms with Crippen molar-refractivity contribution in [3.63, 3.8) is 0 Å². The molecule has 15 heavy (non-hydrogen) atoms. The summed E-state index contributed by atoms with van der Waals surface area (Å²) in [5.74, 6) is 0.352. The van der Waals surface area contributed by atoms with Crippen molar-refractivity contribution in [2.45, 2.75) is 13.3 Å². The molecule has 0 aromatic heterocycles. The second kappa shape index (κ2) is 5.11. The summed E-state index contributed by atoms with van der Waals surface area (Å²) < 4.78 is 0. The molecular formula is C10H19N3O2. The molecular weight excluding hydrogens is 194 g/mol. The van der Waals surface area contributed by atoms with Crippen LogP contribution in [0.3, 0.4) is 0 Å². The van der Waals surface area contributed by atoms with Gasteiger partial charge in [0.2, 0.25) is 5.91 Å². The van der Waals surface area contributed by atoms with Crippen molar-refractivity contribution in [2.75, 3.05) is 33.7 Å². The highest BCUT2D eigenvalue weighted by molar-refractivity contribution is 5.87. The van der Waals surface area contributed by atoms with Crippen molar-refractivity contribution in [2.24, 2.45) is 11.1 Å². The maximum absolute atomic E-state index is 11.5. The summed E-state index contributed by atoms with van der Waals surface area (Å²) in [6, 6.07) is 0. The van der Waals surface area contributed by atoms with Gasteiger partial charge < -0.3 is 10.1 Å². The number of piperidine rings is 1. The number of rotatable bonds is 2. The molecule has 1 aliphatic rings. The van der Waals surface area contributed by atoms with Crippen molar-refractivity contribution in [1.29, 1.82) is 0 Å². The maximum Gasteiger partial charge on any atom is 0.236 e. The SMILES string of the molecule is CC1CN(CC(=O)N(C)C)CCC1=NO. The van der Waals surface area contributed by atoms with E-state index in [4.69, 9.17) is 5.21 Å². The van der Waals surface area contributed by atoms with E-state index in [9.17, 15) is 4.79 Å². The third-order valence-electron chi connectivity index (χ3n) is 2.77. The lowest BCUT2D eigenvalue weighted by Gasteiger charge is -2.31. The minimum absolute atomic E-state index is 0.117. The molecule has 1 fully saturated rings. The Morgan fingerprint density at radius 3 is 2.80 bits per heavy atom. The standard InChI is InChI=1S/C10H19N3O2/c1-8-6-13(5-4-9(8)11-15)7-10(14)12(2)3/h8,15H,4-7H2,1-3H3. The van der Waals surface area contributed by atoms with Gasteiger partial charge >= 0.3 is 0 Å². The van der Waals surface area contributed by atoms with Gasteiger partial charge in [0.25, 0.3) is 0 Å². The number of nitrogens with zero attached hydrogens (tertiary/aromatic N) is 3. The molecule has 1 heterocycles. The van der Waals surface area contributed by atoms with Gasteiger partial charge in [-0.25, -0.2) is 0 Å². The van der Waals surface area contributed by atoms with Crippen LogP contribution in [0.15, 0.2) is 5.16 Å². The Hall–Kier alpha value is -1.10. The van der Waals surface area contributed by atoms with Crippen LogP contribution in [0.2, 0.25) is 0 Å². The van der Waals surface area contributed by atoms with Crippen LogP contribution in [0.5, 0.6) is 0 Å². The van der Waals surface area contributed by atoms with Crippen LogP contribution in [0.4, 0.5) is 0 Å². The number of hydrogen-bond acceptors (Lipinski definition) is 4. The highest BCUT2D eigenvalue weighted by Gasteiger charge is 2.24. The van der Waals surface area contributed by atoms with Crippen LogP contribution >= 0.6 is 0 Å². The van der Waals surface area contributed by atoms with Gasteiger partial charge in [-0.05, 0) is 0 Å². The third-order valence-corrected chi connectivity index (χ3v) is 2.77. The zero-order valence-electron chi connectivity index (χ0n) is 9.60. The molecule has 0 saturated carbocycles. The summed E-state index contributed by atoms with van der Waals surface area (Å²) in [5.41, 5.74) is 0.837. The fourth-order valence-electron chi connectivity index (χ4n) is 1.73. The number of oxime groups is 1. The molecule has 5 nitrogen and oxygen atoms in total. The zero-order chi connectivity index (χ0) is 11.4. The van der Waals surface area contributed by atoms with Crippen LogP contribution in [-0.4, -0.2) is 60.4 Å². The lowest BCUT2D eigenvalue weighted by Crippen LogP contribution is -2.44. The summed E-state index contributed by atoms with van der Waals surface area (Å²) in [4.78, 5) is 15.2. The molecule has 0 aliphatic carbocycles. The first-order valence-electron chi connectivity index (χ1n) is 5.18. The van der Waals surface area contributed by atoms with Gasteiger partial charge in [-0.1, -0.05) is 12.1 Å². The van der Waals surface area contributed by atoms with Crippen LogP contribution in [0, 0.1) is 5.92 Å². The van der Waals surface area contributed by atoms with Gasteiger partial charge in [-0.3, -0.25) is 9.69 Å². The largest absolute Gasteiger partial charge is 0.411 e. The third kappa shape index (κ3) is 3.20. The molecule has 0 radical (unpaired) electrons. The van der Waals surface area contributed by atoms with Crippen molar-refractivity contribution >= 4 is 11.6 Å². The van der Waals surface area contributed by atoms with E-state index in [0.29, 0.717) is 6.54 Å². The van der Waals surface area contributed by atoms with Crippen LogP contribution < -0.4 is 0 Å². The van der Waals surface area contributed by atoms with Crippen molar-refractivity contribution in [3.05, 3.63) is 0 Å². The Labute approximate surface area is 90.3 Å². The highest BCUT2D eigenvalue weighted by atomic mass is 16.4. The molecule has 0 aromatic rings. The molecule has 0 spiro atoms. The first-order valence-corrected chi connectivity index (χ1v) is 5.18. The fraction of sp³-hybridized carbons (Fsp3) is 0.800. The monoisotopic (exact) mass is 213 g/mol. The number of amides is 1. The van der Waals surface area contributed by atoms with Gasteiger partial charge in [-0.2, -0.15) is 0 Å². The topological polar surface area (TPSA) is 56.1 Å². The van der Waals surface area contributed by atoms with E-state index in [1.54, 1.807) is 19.0 Å². The number of likely N-dealkylation sites (tertiary alicyclic amines) is 1. The Kier molecular flexibility index (Phi) is 4.08. The molecule has 1 amide bonds. The molecule has 1 aliphatic heterocycles. The number of carbonyl (C=O) groups excluding carboxylic acids is 1. The number of carbonyl (C=O) groups is 1. The first-order chi connectivity index (χ1) is 7.04. The molecule has 1 atom stereocenters. The first kappa shape index (κ1) is 12.0. The van der Waals surface area contributed by atoms with Crippen molar-refractivity contribution < 1.29 is 10.0 Å². The maximum atomic E-state index is 11.5. The second-order valence-corrected chi connectivity index (χ2v) is 4.27. The normalized spacial score (nSPS) is 25.5. The Morgan fingerprint density at radius 1 is 1.67 bits per heavy atom. The van der Waals surface area contributed by atoms with Crippen molar-refractivity contribution in [1.82, 2.24) is 9.80 Å². The summed E-state index contributed by atoms with van der Waals surface area (Å²) in [6.07, 6.45) is 0.748. The molecule has 1 unspecified atom stereocenters. The van der Waals surface area contributed by atoms with Crippen LogP contribution in [-0.2, 0) is 4.79 Å². The molecule has 1 saturated heterocycles. The Morgan fingerprint density at radius 2 is 2.33 bits per heavy atom. The van der Waals surface area contributed by atoms with E-state index in [0.717, 1.165) is 25.2 Å². The minimum atomic E-state index is 0.117. The van der Waals surface area contributed by atoms with E-state index in [2.05, 4.69) is 10.1 Å². The summed E-state index contributed by atoms with van der Waals surface area (Å²) in [6.45, 7) is 4.06. The number of hydrogen-bond donors (Lipinski definition) is 1. The smallest absolute Gasteiger partial charge is 0.236 e. The van der Waals surface area contributed by atoms with Crippen LogP contribution in [0.1, 0.15) is 13.3 Å². The van der Waals surface area contributed by atoms with E-state index < -0.39 is 0 Å². The van der Waals surface area contributed by atoms with E-state index in [1.165, 1.54) is 0 Å². The summed E-state index contributed by atoms with van der Waals surface area (Å²) in [5, 5.41) is 12.0. The van der Waals surface area contributed by atoms with Gasteiger partial charge in [-0.15, -0.1) is 0 Å². The van der Waals surface area contributed by atoms with Gasteiger partial charge in [0.05, 0.1) is 12.3 Å². The average molecular weight is 213 g/mol. The molecule has 0 bridgehead atoms. The average Bonchev–Trinajstić information content (AvgIpc) is 2.18. The van der Waals surface area contributed by atoms with Gasteiger partial charge in [0, 0.05) is 39.5 Å². The second-order valence-electron chi connectivity index (χ2n) is 4.27. The molecule has 86 valence electrons. The summed E-state index contributed by atoms with van der Waals surface area (Å²) in [7, 11) is 3.52.